The number of hydrogen-bond acceptors (Lipinski definition) is 5. The monoisotopic (exact) mass is 353 g/mol. The summed E-state index contributed by atoms with van der Waals surface area (Å²) in [5.74, 6) is 1.59. The molecular formula is C19H23N5O2. The van der Waals surface area contributed by atoms with E-state index in [4.69, 9.17) is 19.6 Å². The molecule has 0 spiro atoms. The zero-order chi connectivity index (χ0) is 17.9. The van der Waals surface area contributed by atoms with Crippen LogP contribution in [0.1, 0.15) is 17.2 Å². The first-order valence-corrected chi connectivity index (χ1v) is 8.88. The molecule has 2 aromatic heterocycles. The SMILES string of the molecule is Cc1cc(C)n(Cc2nc(-c3ccccc3)nn2C[C@H]2COCCO2)n1. The lowest BCUT2D eigenvalue weighted by Gasteiger charge is -2.23. The molecule has 0 unspecified atom stereocenters. The Bertz CT molecular complexity index is 865. The summed E-state index contributed by atoms with van der Waals surface area (Å²) in [5, 5.41) is 9.29. The van der Waals surface area contributed by atoms with E-state index >= 15 is 0 Å². The van der Waals surface area contributed by atoms with Crippen molar-refractivity contribution in [1.29, 1.82) is 0 Å². The van der Waals surface area contributed by atoms with Crippen molar-refractivity contribution in [2.45, 2.75) is 33.0 Å². The third-order valence-corrected chi connectivity index (χ3v) is 4.44. The highest BCUT2D eigenvalue weighted by molar-refractivity contribution is 5.54. The molecule has 1 atom stereocenters. The van der Waals surface area contributed by atoms with Gasteiger partial charge in [-0.3, -0.25) is 4.68 Å². The van der Waals surface area contributed by atoms with E-state index in [0.717, 1.165) is 28.6 Å². The van der Waals surface area contributed by atoms with Crippen molar-refractivity contribution in [1.82, 2.24) is 24.5 Å². The summed E-state index contributed by atoms with van der Waals surface area (Å²) in [7, 11) is 0. The molecular weight excluding hydrogens is 330 g/mol. The highest BCUT2D eigenvalue weighted by atomic mass is 16.6. The average Bonchev–Trinajstić information content (AvgIpc) is 3.19. The number of hydrogen-bond donors (Lipinski definition) is 0. The summed E-state index contributed by atoms with van der Waals surface area (Å²) >= 11 is 0. The van der Waals surface area contributed by atoms with Crippen molar-refractivity contribution >= 4 is 0 Å². The summed E-state index contributed by atoms with van der Waals surface area (Å²) in [4.78, 5) is 4.79. The van der Waals surface area contributed by atoms with Crippen LogP contribution in [0, 0.1) is 13.8 Å². The maximum Gasteiger partial charge on any atom is 0.181 e. The second kappa shape index (κ2) is 7.39. The number of aryl methyl sites for hydroxylation is 2. The molecule has 0 aliphatic carbocycles. The van der Waals surface area contributed by atoms with Crippen molar-refractivity contribution < 1.29 is 9.47 Å². The van der Waals surface area contributed by atoms with Crippen molar-refractivity contribution in [3.05, 3.63) is 53.6 Å². The van der Waals surface area contributed by atoms with Gasteiger partial charge in [0.1, 0.15) is 18.5 Å². The largest absolute Gasteiger partial charge is 0.376 e. The van der Waals surface area contributed by atoms with Gasteiger partial charge in [0.2, 0.25) is 0 Å². The van der Waals surface area contributed by atoms with Crippen LogP contribution >= 0.6 is 0 Å². The number of nitrogens with zero attached hydrogens (tertiary/aromatic N) is 5. The summed E-state index contributed by atoms with van der Waals surface area (Å²) in [5.41, 5.74) is 3.11. The topological polar surface area (TPSA) is 67.0 Å². The van der Waals surface area contributed by atoms with Gasteiger partial charge in [-0.1, -0.05) is 30.3 Å². The number of ether oxygens (including phenoxy) is 2. The summed E-state index contributed by atoms with van der Waals surface area (Å²) in [6.45, 7) is 7.11. The Balaban J connectivity index is 1.65. The van der Waals surface area contributed by atoms with Crippen molar-refractivity contribution in [3.63, 3.8) is 0 Å². The number of benzene rings is 1. The quantitative estimate of drug-likeness (QED) is 0.704. The molecule has 1 aliphatic heterocycles. The Morgan fingerprint density at radius 3 is 2.62 bits per heavy atom. The lowest BCUT2D eigenvalue weighted by atomic mass is 10.2. The Morgan fingerprint density at radius 2 is 1.92 bits per heavy atom. The molecule has 3 aromatic rings. The van der Waals surface area contributed by atoms with Crippen molar-refractivity contribution in [2.24, 2.45) is 0 Å². The predicted octanol–water partition coefficient (Wildman–Crippen LogP) is 2.22. The molecule has 4 rings (SSSR count). The molecule has 3 heterocycles. The molecule has 136 valence electrons. The van der Waals surface area contributed by atoms with Crippen LogP contribution in [-0.4, -0.2) is 50.5 Å². The summed E-state index contributed by atoms with van der Waals surface area (Å²) in [6.07, 6.45) is -0.00622. The minimum absolute atomic E-state index is 0.00622. The van der Waals surface area contributed by atoms with Crippen LogP contribution < -0.4 is 0 Å². The fourth-order valence-corrected chi connectivity index (χ4v) is 3.15. The number of rotatable bonds is 5. The molecule has 7 heteroatoms. The fraction of sp³-hybridized carbons (Fsp3) is 0.421. The van der Waals surface area contributed by atoms with Crippen LogP contribution in [0.4, 0.5) is 0 Å². The molecule has 0 N–H and O–H groups in total. The highest BCUT2D eigenvalue weighted by Gasteiger charge is 2.20. The summed E-state index contributed by atoms with van der Waals surface area (Å²) < 4.78 is 15.2. The van der Waals surface area contributed by atoms with Gasteiger partial charge in [-0.05, 0) is 19.9 Å². The van der Waals surface area contributed by atoms with Crippen LogP contribution in [0.25, 0.3) is 11.4 Å². The van der Waals surface area contributed by atoms with Crippen LogP contribution in [-0.2, 0) is 22.6 Å². The first-order chi connectivity index (χ1) is 12.7. The minimum atomic E-state index is -0.00622. The molecule has 0 amide bonds. The fourth-order valence-electron chi connectivity index (χ4n) is 3.15. The number of aromatic nitrogens is 5. The highest BCUT2D eigenvalue weighted by Crippen LogP contribution is 2.17. The minimum Gasteiger partial charge on any atom is -0.376 e. The van der Waals surface area contributed by atoms with Gasteiger partial charge in [0.05, 0.1) is 32.1 Å². The zero-order valence-corrected chi connectivity index (χ0v) is 15.1. The van der Waals surface area contributed by atoms with Gasteiger partial charge in [-0.15, -0.1) is 0 Å². The van der Waals surface area contributed by atoms with E-state index in [9.17, 15) is 0 Å². The molecule has 26 heavy (non-hydrogen) atoms. The molecule has 7 nitrogen and oxygen atoms in total. The van der Waals surface area contributed by atoms with Gasteiger partial charge in [0, 0.05) is 11.3 Å². The van der Waals surface area contributed by atoms with Crippen molar-refractivity contribution in [2.75, 3.05) is 19.8 Å². The maximum atomic E-state index is 5.79. The van der Waals surface area contributed by atoms with Gasteiger partial charge < -0.3 is 9.47 Å². The lowest BCUT2D eigenvalue weighted by molar-refractivity contribution is -0.0949. The maximum absolute atomic E-state index is 5.79. The van der Waals surface area contributed by atoms with E-state index in [-0.39, 0.29) is 6.10 Å². The van der Waals surface area contributed by atoms with E-state index in [1.165, 1.54) is 0 Å². The predicted molar refractivity (Wildman–Crippen MR) is 96.8 cm³/mol. The molecule has 0 saturated carbocycles. The lowest BCUT2D eigenvalue weighted by Crippen LogP contribution is -2.33. The second-order valence-electron chi connectivity index (χ2n) is 6.55. The molecule has 1 saturated heterocycles. The van der Waals surface area contributed by atoms with Crippen LogP contribution in [0.15, 0.2) is 36.4 Å². The van der Waals surface area contributed by atoms with Gasteiger partial charge in [0.15, 0.2) is 5.82 Å². The van der Waals surface area contributed by atoms with E-state index in [0.29, 0.717) is 32.9 Å². The summed E-state index contributed by atoms with van der Waals surface area (Å²) in [6, 6.07) is 12.1. The van der Waals surface area contributed by atoms with Crippen LogP contribution in [0.5, 0.6) is 0 Å². The second-order valence-corrected chi connectivity index (χ2v) is 6.55. The van der Waals surface area contributed by atoms with Gasteiger partial charge in [-0.2, -0.15) is 10.2 Å². The Labute approximate surface area is 152 Å². The third-order valence-electron chi connectivity index (χ3n) is 4.44. The van der Waals surface area contributed by atoms with E-state index < -0.39 is 0 Å². The van der Waals surface area contributed by atoms with E-state index in [1.54, 1.807) is 0 Å². The Hall–Kier alpha value is -2.51. The molecule has 0 bridgehead atoms. The molecule has 0 radical (unpaired) electrons. The third kappa shape index (κ3) is 3.68. The van der Waals surface area contributed by atoms with Gasteiger partial charge >= 0.3 is 0 Å². The first-order valence-electron chi connectivity index (χ1n) is 8.88. The zero-order valence-electron chi connectivity index (χ0n) is 15.1. The van der Waals surface area contributed by atoms with Crippen molar-refractivity contribution in [3.8, 4) is 11.4 Å². The molecule has 1 aromatic carbocycles. The molecule has 1 aliphatic rings. The average molecular weight is 353 g/mol. The molecule has 1 fully saturated rings. The van der Waals surface area contributed by atoms with Crippen LogP contribution in [0.3, 0.4) is 0 Å². The normalized spacial score (nSPS) is 17.5. The van der Waals surface area contributed by atoms with Gasteiger partial charge in [0.25, 0.3) is 0 Å². The first kappa shape index (κ1) is 16.9. The van der Waals surface area contributed by atoms with E-state index in [1.807, 2.05) is 46.6 Å². The standard InChI is InChI=1S/C19H23N5O2/c1-14-10-15(2)23(21-14)12-18-20-19(16-6-4-3-5-7-16)22-24(18)11-17-13-25-8-9-26-17/h3-7,10,17H,8-9,11-13H2,1-2H3/t17-/m0/s1. The van der Waals surface area contributed by atoms with Gasteiger partial charge in [-0.25, -0.2) is 9.67 Å². The smallest absolute Gasteiger partial charge is 0.181 e. The Kier molecular flexibility index (Phi) is 4.81. The van der Waals surface area contributed by atoms with E-state index in [2.05, 4.69) is 18.1 Å². The Morgan fingerprint density at radius 1 is 1.08 bits per heavy atom. The van der Waals surface area contributed by atoms with Crippen LogP contribution in [0.2, 0.25) is 0 Å².